The molecule has 0 atom stereocenters. The molecule has 0 aromatic carbocycles. The van der Waals surface area contributed by atoms with Gasteiger partial charge in [0.15, 0.2) is 0 Å². The number of aromatic nitrogens is 1. The van der Waals surface area contributed by atoms with Crippen molar-refractivity contribution in [1.82, 2.24) is 4.57 Å². The number of nitrogens with zero attached hydrogens (tertiary/aromatic N) is 1. The molecule has 0 saturated carbocycles. The molecule has 0 fully saturated rings. The van der Waals surface area contributed by atoms with E-state index in [1.165, 1.54) is 47.6 Å². The van der Waals surface area contributed by atoms with E-state index in [4.69, 9.17) is 13.9 Å². The van der Waals surface area contributed by atoms with Crippen LogP contribution in [0.25, 0.3) is 11.3 Å². The Kier molecular flexibility index (Phi) is 6.63. The fraction of sp³-hybridized carbons (Fsp3) is 0.250. The highest BCUT2D eigenvalue weighted by atomic mass is 32.1. The van der Waals surface area contributed by atoms with Gasteiger partial charge in [-0.15, -0.1) is 11.3 Å². The number of hydrogen-bond donors (Lipinski definition) is 1. The summed E-state index contributed by atoms with van der Waals surface area (Å²) in [6.45, 7) is 2.57. The van der Waals surface area contributed by atoms with Gasteiger partial charge < -0.3 is 23.8 Å². The van der Waals surface area contributed by atoms with E-state index in [0.717, 1.165) is 0 Å². The molecule has 0 aliphatic rings. The van der Waals surface area contributed by atoms with E-state index in [1.54, 1.807) is 24.4 Å². The van der Waals surface area contributed by atoms with Gasteiger partial charge in [-0.3, -0.25) is 9.59 Å². The van der Waals surface area contributed by atoms with Crippen molar-refractivity contribution in [3.63, 3.8) is 0 Å². The van der Waals surface area contributed by atoms with E-state index >= 15 is 0 Å². The van der Waals surface area contributed by atoms with Crippen LogP contribution in [-0.4, -0.2) is 36.8 Å². The van der Waals surface area contributed by atoms with Crippen LogP contribution in [0.3, 0.4) is 0 Å². The highest BCUT2D eigenvalue weighted by Crippen LogP contribution is 2.36. The van der Waals surface area contributed by atoms with Gasteiger partial charge in [0.1, 0.15) is 16.3 Å². The Labute approximate surface area is 170 Å². The first-order valence-corrected chi connectivity index (χ1v) is 9.76. The molecule has 1 N–H and O–H groups in total. The summed E-state index contributed by atoms with van der Waals surface area (Å²) >= 11 is 1.19. The van der Waals surface area contributed by atoms with Crippen molar-refractivity contribution in [3.05, 3.63) is 63.6 Å². The summed E-state index contributed by atoms with van der Waals surface area (Å²) in [7, 11) is 1.53. The first kappa shape index (κ1) is 20.6. The summed E-state index contributed by atoms with van der Waals surface area (Å²) < 4.78 is 16.9. The number of pyridine rings is 1. The second kappa shape index (κ2) is 9.35. The highest BCUT2D eigenvalue weighted by Gasteiger charge is 2.24. The molecule has 0 bridgehead atoms. The van der Waals surface area contributed by atoms with Gasteiger partial charge in [0.2, 0.25) is 0 Å². The first-order valence-electron chi connectivity index (χ1n) is 8.88. The number of carbonyl (C=O) groups excluding carboxylic acids is 2. The molecule has 3 heterocycles. The Morgan fingerprint density at radius 3 is 2.79 bits per heavy atom. The lowest BCUT2D eigenvalue weighted by Gasteiger charge is -2.10. The van der Waals surface area contributed by atoms with Crippen LogP contribution in [0.5, 0.6) is 0 Å². The number of thiophene rings is 1. The maximum Gasteiger partial charge on any atom is 0.341 e. The zero-order valence-corrected chi connectivity index (χ0v) is 16.8. The van der Waals surface area contributed by atoms with Crippen molar-refractivity contribution in [2.75, 3.05) is 25.6 Å². The zero-order valence-electron chi connectivity index (χ0n) is 16.0. The number of methoxy groups -OCH3 is 1. The molecular weight excluding hydrogens is 396 g/mol. The average molecular weight is 416 g/mol. The fourth-order valence-corrected chi connectivity index (χ4v) is 3.61. The molecule has 152 valence electrons. The third kappa shape index (κ3) is 4.64. The lowest BCUT2D eigenvalue weighted by Crippen LogP contribution is -2.23. The minimum Gasteiger partial charge on any atom is -0.464 e. The Hall–Kier alpha value is -3.17. The maximum absolute atomic E-state index is 12.8. The Morgan fingerprint density at radius 1 is 1.28 bits per heavy atom. The van der Waals surface area contributed by atoms with Crippen molar-refractivity contribution in [2.45, 2.75) is 13.5 Å². The molecule has 3 aromatic rings. The van der Waals surface area contributed by atoms with Crippen molar-refractivity contribution >= 4 is 28.2 Å². The minimum atomic E-state index is -0.555. The van der Waals surface area contributed by atoms with Crippen molar-refractivity contribution in [3.8, 4) is 11.3 Å². The number of nitrogens with one attached hydrogen (secondary N) is 1. The second-order valence-electron chi connectivity index (χ2n) is 5.95. The van der Waals surface area contributed by atoms with Gasteiger partial charge in [-0.05, 0) is 25.1 Å². The van der Waals surface area contributed by atoms with Crippen LogP contribution in [0.2, 0.25) is 0 Å². The monoisotopic (exact) mass is 416 g/mol. The predicted octanol–water partition coefficient (Wildman–Crippen LogP) is 3.25. The van der Waals surface area contributed by atoms with Gasteiger partial charge >= 0.3 is 5.97 Å². The molecule has 3 aromatic heterocycles. The lowest BCUT2D eigenvalue weighted by atomic mass is 10.1. The molecule has 29 heavy (non-hydrogen) atoms. The van der Waals surface area contributed by atoms with Gasteiger partial charge in [0, 0.05) is 36.9 Å². The van der Waals surface area contributed by atoms with Crippen LogP contribution in [0, 0.1) is 0 Å². The lowest BCUT2D eigenvalue weighted by molar-refractivity contribution is 0.0529. The van der Waals surface area contributed by atoms with Gasteiger partial charge in [0.05, 0.1) is 25.0 Å². The SMILES string of the molecule is CCOC(=O)c1c(-c2ccco2)csc1NC(=O)c1ccc(=O)n(CCOC)c1. The van der Waals surface area contributed by atoms with E-state index in [2.05, 4.69) is 5.32 Å². The number of anilines is 1. The van der Waals surface area contributed by atoms with Crippen LogP contribution < -0.4 is 10.9 Å². The molecular formula is C20H20N2O6S. The largest absolute Gasteiger partial charge is 0.464 e. The molecule has 1 amide bonds. The number of esters is 1. The summed E-state index contributed by atoms with van der Waals surface area (Å²) in [6.07, 6.45) is 2.96. The van der Waals surface area contributed by atoms with E-state index in [-0.39, 0.29) is 23.3 Å². The number of amides is 1. The van der Waals surface area contributed by atoms with E-state index in [9.17, 15) is 14.4 Å². The van der Waals surface area contributed by atoms with Gasteiger partial charge in [-0.25, -0.2) is 4.79 Å². The van der Waals surface area contributed by atoms with Gasteiger partial charge in [0.25, 0.3) is 11.5 Å². The van der Waals surface area contributed by atoms with Crippen LogP contribution in [0.4, 0.5) is 5.00 Å². The van der Waals surface area contributed by atoms with E-state index in [0.29, 0.717) is 29.5 Å². The Bertz CT molecular complexity index is 1050. The molecule has 0 aliphatic heterocycles. The number of hydrogen-bond acceptors (Lipinski definition) is 7. The topological polar surface area (TPSA) is 99.8 Å². The van der Waals surface area contributed by atoms with Crippen LogP contribution in [0.15, 0.2) is 51.3 Å². The second-order valence-corrected chi connectivity index (χ2v) is 6.83. The zero-order chi connectivity index (χ0) is 20.8. The van der Waals surface area contributed by atoms with Crippen LogP contribution >= 0.6 is 11.3 Å². The molecule has 0 aliphatic carbocycles. The summed E-state index contributed by atoms with van der Waals surface area (Å²) in [4.78, 5) is 37.2. The quantitative estimate of drug-likeness (QED) is 0.566. The summed E-state index contributed by atoms with van der Waals surface area (Å²) in [5.41, 5.74) is 0.817. The summed E-state index contributed by atoms with van der Waals surface area (Å²) in [5.74, 6) is -0.506. The summed E-state index contributed by atoms with van der Waals surface area (Å²) in [5, 5.41) is 4.81. The number of rotatable bonds is 8. The minimum absolute atomic E-state index is 0.199. The number of carbonyl (C=O) groups is 2. The first-order chi connectivity index (χ1) is 14.0. The number of ether oxygens (including phenoxy) is 2. The molecule has 3 rings (SSSR count). The highest BCUT2D eigenvalue weighted by molar-refractivity contribution is 7.15. The molecule has 9 heteroatoms. The molecule has 0 saturated heterocycles. The van der Waals surface area contributed by atoms with Crippen molar-refractivity contribution in [2.24, 2.45) is 0 Å². The summed E-state index contributed by atoms with van der Waals surface area (Å²) in [6, 6.07) is 6.19. The third-order valence-electron chi connectivity index (χ3n) is 4.07. The van der Waals surface area contributed by atoms with Crippen LogP contribution in [0.1, 0.15) is 27.6 Å². The molecule has 8 nitrogen and oxygen atoms in total. The van der Waals surface area contributed by atoms with Crippen molar-refractivity contribution < 1.29 is 23.5 Å². The normalized spacial score (nSPS) is 10.7. The molecule has 0 unspecified atom stereocenters. The standard InChI is InChI=1S/C20H20N2O6S/c1-3-27-20(25)17-14(15-5-4-9-28-15)12-29-19(17)21-18(24)13-6-7-16(23)22(11-13)8-10-26-2/h4-7,9,11-12H,3,8,10H2,1-2H3,(H,21,24). The third-order valence-corrected chi connectivity index (χ3v) is 4.96. The average Bonchev–Trinajstić information content (AvgIpc) is 3.37. The Balaban J connectivity index is 1.91. The number of furan rings is 1. The molecule has 0 spiro atoms. The molecule has 0 radical (unpaired) electrons. The van der Waals surface area contributed by atoms with Gasteiger partial charge in [-0.2, -0.15) is 0 Å². The van der Waals surface area contributed by atoms with Crippen molar-refractivity contribution in [1.29, 1.82) is 0 Å². The van der Waals surface area contributed by atoms with E-state index in [1.807, 2.05) is 0 Å². The fourth-order valence-electron chi connectivity index (χ4n) is 2.67. The van der Waals surface area contributed by atoms with Gasteiger partial charge in [-0.1, -0.05) is 0 Å². The smallest absolute Gasteiger partial charge is 0.341 e. The van der Waals surface area contributed by atoms with E-state index < -0.39 is 11.9 Å². The van der Waals surface area contributed by atoms with Crippen LogP contribution in [-0.2, 0) is 16.0 Å². The predicted molar refractivity (Wildman–Crippen MR) is 109 cm³/mol. The maximum atomic E-state index is 12.8. The Morgan fingerprint density at radius 2 is 2.10 bits per heavy atom.